The van der Waals surface area contributed by atoms with Crippen LogP contribution in [0, 0.1) is 0 Å². The standard InChI is InChI=1S/C9H10ClN3O2/c1-13-8(11-5-12-13)4-7(14)6-2-3-15-9(6)10/h2-3,5,7,14H,4H2,1H3. The Labute approximate surface area is 91.3 Å². The van der Waals surface area contributed by atoms with Crippen LogP contribution in [0.1, 0.15) is 17.5 Å². The Balaban J connectivity index is 2.14. The van der Waals surface area contributed by atoms with E-state index in [9.17, 15) is 5.11 Å². The van der Waals surface area contributed by atoms with Crippen LogP contribution in [0.3, 0.4) is 0 Å². The van der Waals surface area contributed by atoms with E-state index in [1.807, 2.05) is 0 Å². The minimum atomic E-state index is -0.723. The van der Waals surface area contributed by atoms with Crippen molar-refractivity contribution in [3.05, 3.63) is 35.3 Å². The quantitative estimate of drug-likeness (QED) is 0.860. The van der Waals surface area contributed by atoms with Crippen LogP contribution in [0.5, 0.6) is 0 Å². The highest BCUT2D eigenvalue weighted by Gasteiger charge is 2.16. The number of nitrogens with zero attached hydrogens (tertiary/aromatic N) is 3. The summed E-state index contributed by atoms with van der Waals surface area (Å²) < 4.78 is 6.51. The summed E-state index contributed by atoms with van der Waals surface area (Å²) in [5.74, 6) is 0.694. The second-order valence-electron chi connectivity index (χ2n) is 3.17. The number of hydrogen-bond acceptors (Lipinski definition) is 4. The molecule has 0 aliphatic carbocycles. The van der Waals surface area contributed by atoms with E-state index >= 15 is 0 Å². The average Bonchev–Trinajstić information content (AvgIpc) is 2.76. The first-order chi connectivity index (χ1) is 7.18. The number of aliphatic hydroxyl groups is 1. The van der Waals surface area contributed by atoms with Gasteiger partial charge in [-0.1, -0.05) is 0 Å². The van der Waals surface area contributed by atoms with Crippen molar-refractivity contribution in [3.63, 3.8) is 0 Å². The molecule has 0 bridgehead atoms. The molecule has 0 saturated carbocycles. The molecule has 0 amide bonds. The zero-order valence-corrected chi connectivity index (χ0v) is 8.85. The minimum absolute atomic E-state index is 0.213. The monoisotopic (exact) mass is 227 g/mol. The fourth-order valence-electron chi connectivity index (χ4n) is 1.33. The van der Waals surface area contributed by atoms with Crippen molar-refractivity contribution in [2.75, 3.05) is 0 Å². The summed E-state index contributed by atoms with van der Waals surface area (Å²) in [5.41, 5.74) is 0.569. The third-order valence-corrected chi connectivity index (χ3v) is 2.49. The Bertz CT molecular complexity index is 452. The van der Waals surface area contributed by atoms with Crippen LogP contribution in [0.25, 0.3) is 0 Å². The van der Waals surface area contributed by atoms with E-state index < -0.39 is 6.10 Å². The summed E-state index contributed by atoms with van der Waals surface area (Å²) in [6.45, 7) is 0. The summed E-state index contributed by atoms with van der Waals surface area (Å²) in [5, 5.41) is 14.0. The van der Waals surface area contributed by atoms with Crippen molar-refractivity contribution in [3.8, 4) is 0 Å². The number of furan rings is 1. The van der Waals surface area contributed by atoms with E-state index in [0.717, 1.165) is 0 Å². The third-order valence-electron chi connectivity index (χ3n) is 2.19. The van der Waals surface area contributed by atoms with Gasteiger partial charge in [-0.15, -0.1) is 0 Å². The van der Waals surface area contributed by atoms with E-state index in [1.165, 1.54) is 12.6 Å². The molecule has 2 rings (SSSR count). The van der Waals surface area contributed by atoms with Crippen LogP contribution in [-0.4, -0.2) is 19.9 Å². The second-order valence-corrected chi connectivity index (χ2v) is 3.51. The fraction of sp³-hybridized carbons (Fsp3) is 0.333. The van der Waals surface area contributed by atoms with Gasteiger partial charge in [0, 0.05) is 19.0 Å². The highest BCUT2D eigenvalue weighted by molar-refractivity contribution is 6.29. The third kappa shape index (κ3) is 2.03. The summed E-state index contributed by atoms with van der Waals surface area (Å²) in [4.78, 5) is 4.01. The number of aliphatic hydroxyl groups excluding tert-OH is 1. The first-order valence-electron chi connectivity index (χ1n) is 4.42. The van der Waals surface area contributed by atoms with Gasteiger partial charge in [-0.2, -0.15) is 5.10 Å². The predicted molar refractivity (Wildman–Crippen MR) is 53.4 cm³/mol. The van der Waals surface area contributed by atoms with Gasteiger partial charge in [0.15, 0.2) is 5.22 Å². The van der Waals surface area contributed by atoms with Crippen molar-refractivity contribution in [2.24, 2.45) is 7.05 Å². The zero-order chi connectivity index (χ0) is 10.8. The van der Waals surface area contributed by atoms with Gasteiger partial charge in [0.25, 0.3) is 0 Å². The molecular weight excluding hydrogens is 218 g/mol. The van der Waals surface area contributed by atoms with Crippen LogP contribution in [0.4, 0.5) is 0 Å². The number of rotatable bonds is 3. The fourth-order valence-corrected chi connectivity index (χ4v) is 1.57. The molecule has 0 spiro atoms. The highest BCUT2D eigenvalue weighted by atomic mass is 35.5. The van der Waals surface area contributed by atoms with Crippen LogP contribution in [-0.2, 0) is 13.5 Å². The molecule has 0 aromatic carbocycles. The number of aryl methyl sites for hydroxylation is 1. The van der Waals surface area contributed by atoms with Gasteiger partial charge in [0.2, 0.25) is 0 Å². The molecule has 5 nitrogen and oxygen atoms in total. The molecule has 0 aliphatic rings. The number of halogens is 1. The maximum Gasteiger partial charge on any atom is 0.198 e. The molecule has 2 aromatic rings. The largest absolute Gasteiger partial charge is 0.453 e. The lowest BCUT2D eigenvalue weighted by Gasteiger charge is -2.07. The first-order valence-corrected chi connectivity index (χ1v) is 4.80. The molecule has 0 radical (unpaired) electrons. The molecule has 1 unspecified atom stereocenters. The zero-order valence-electron chi connectivity index (χ0n) is 8.09. The Morgan fingerprint density at radius 3 is 3.00 bits per heavy atom. The topological polar surface area (TPSA) is 64.1 Å². The van der Waals surface area contributed by atoms with Gasteiger partial charge in [-0.05, 0) is 17.7 Å². The molecule has 0 aliphatic heterocycles. The van der Waals surface area contributed by atoms with E-state index in [1.54, 1.807) is 17.8 Å². The van der Waals surface area contributed by atoms with E-state index in [2.05, 4.69) is 10.1 Å². The van der Waals surface area contributed by atoms with Crippen LogP contribution >= 0.6 is 11.6 Å². The smallest absolute Gasteiger partial charge is 0.198 e. The Kier molecular flexibility index (Phi) is 2.75. The maximum absolute atomic E-state index is 9.86. The molecule has 80 valence electrons. The highest BCUT2D eigenvalue weighted by Crippen LogP contribution is 2.25. The molecule has 1 N–H and O–H groups in total. The Morgan fingerprint density at radius 1 is 1.67 bits per heavy atom. The van der Waals surface area contributed by atoms with Crippen LogP contribution in [0.15, 0.2) is 23.1 Å². The minimum Gasteiger partial charge on any atom is -0.453 e. The lowest BCUT2D eigenvalue weighted by molar-refractivity contribution is 0.173. The maximum atomic E-state index is 9.86. The average molecular weight is 228 g/mol. The molecule has 15 heavy (non-hydrogen) atoms. The molecule has 0 fully saturated rings. The lowest BCUT2D eigenvalue weighted by atomic mass is 10.1. The first kappa shape index (κ1) is 10.2. The molecule has 0 saturated heterocycles. The molecule has 2 heterocycles. The van der Waals surface area contributed by atoms with Crippen molar-refractivity contribution in [1.82, 2.24) is 14.8 Å². The van der Waals surface area contributed by atoms with Crippen molar-refractivity contribution in [1.29, 1.82) is 0 Å². The summed E-state index contributed by atoms with van der Waals surface area (Å²) in [6.07, 6.45) is 2.52. The van der Waals surface area contributed by atoms with Crippen molar-refractivity contribution < 1.29 is 9.52 Å². The Morgan fingerprint density at radius 2 is 2.47 bits per heavy atom. The summed E-state index contributed by atoms with van der Waals surface area (Å²) in [6, 6.07) is 1.64. The van der Waals surface area contributed by atoms with Gasteiger partial charge >= 0.3 is 0 Å². The van der Waals surface area contributed by atoms with Gasteiger partial charge < -0.3 is 9.52 Å². The van der Waals surface area contributed by atoms with Crippen LogP contribution in [0.2, 0.25) is 5.22 Å². The second kappa shape index (κ2) is 4.04. The van der Waals surface area contributed by atoms with Crippen molar-refractivity contribution >= 4 is 11.6 Å². The van der Waals surface area contributed by atoms with Gasteiger partial charge in [0.05, 0.1) is 12.4 Å². The summed E-state index contributed by atoms with van der Waals surface area (Å²) in [7, 11) is 1.77. The predicted octanol–water partition coefficient (Wildman–Crippen LogP) is 1.34. The van der Waals surface area contributed by atoms with Gasteiger partial charge in [-0.3, -0.25) is 4.68 Å². The van der Waals surface area contributed by atoms with E-state index in [-0.39, 0.29) is 5.22 Å². The van der Waals surface area contributed by atoms with Crippen LogP contribution < -0.4 is 0 Å². The SMILES string of the molecule is Cn1ncnc1CC(O)c1ccoc1Cl. The number of aromatic nitrogens is 3. The normalized spacial score (nSPS) is 13.0. The lowest BCUT2D eigenvalue weighted by Crippen LogP contribution is -2.07. The van der Waals surface area contributed by atoms with Gasteiger partial charge in [-0.25, -0.2) is 4.98 Å². The number of hydrogen-bond donors (Lipinski definition) is 1. The molecule has 2 aromatic heterocycles. The molecule has 1 atom stereocenters. The summed E-state index contributed by atoms with van der Waals surface area (Å²) >= 11 is 5.75. The Hall–Kier alpha value is -1.33. The molecular formula is C9H10ClN3O2. The van der Waals surface area contributed by atoms with Crippen molar-refractivity contribution in [2.45, 2.75) is 12.5 Å². The van der Waals surface area contributed by atoms with E-state index in [4.69, 9.17) is 16.0 Å². The van der Waals surface area contributed by atoms with E-state index in [0.29, 0.717) is 17.8 Å². The molecule has 6 heteroatoms. The van der Waals surface area contributed by atoms with Gasteiger partial charge in [0.1, 0.15) is 12.2 Å².